The van der Waals surface area contributed by atoms with Crippen LogP contribution < -0.4 is 16.0 Å². The van der Waals surface area contributed by atoms with Crippen molar-refractivity contribution in [1.29, 1.82) is 0 Å². The highest BCUT2D eigenvalue weighted by atomic mass is 16.3. The zero-order valence-electron chi connectivity index (χ0n) is 57.0. The highest BCUT2D eigenvalue weighted by Crippen LogP contribution is 2.26. The highest BCUT2D eigenvalue weighted by Gasteiger charge is 2.46. The maximum atomic E-state index is 15.1. The Morgan fingerprint density at radius 2 is 0.884 bits per heavy atom. The lowest BCUT2D eigenvalue weighted by atomic mass is 9.91. The number of allylic oxidation sites excluding steroid dienone is 2. The van der Waals surface area contributed by atoms with Gasteiger partial charge in [0.1, 0.15) is 60.4 Å². The number of aliphatic hydroxyl groups is 1. The Bertz CT molecular complexity index is 2360. The van der Waals surface area contributed by atoms with Crippen molar-refractivity contribution < 1.29 is 57.8 Å². The Morgan fingerprint density at radius 1 is 0.465 bits per heavy atom. The van der Waals surface area contributed by atoms with Crippen LogP contribution in [0.15, 0.2) is 12.2 Å². The summed E-state index contributed by atoms with van der Waals surface area (Å²) in [6.45, 7) is 29.5. The van der Waals surface area contributed by atoms with Gasteiger partial charge in [0.15, 0.2) is 0 Å². The molecule has 11 amide bonds. The highest BCUT2D eigenvalue weighted by molar-refractivity contribution is 5.99. The lowest BCUT2D eigenvalue weighted by molar-refractivity contribution is -0.157. The second-order valence-electron chi connectivity index (χ2n) is 26.5. The standard InChI is InChI=1S/C63H113N11O12/c1-26-28-29-41(15)53(76)52-56(79)65-44(27-2)58(81)67(18)34-49(75)69(20)45(30-35(3)4)55(78)66-50(39(11)12)62(85)72(23)46(31-36(5)6)59(82)68(19)43(17)54(77)64-42(16)57(80)70(21)47(32-37(7)8)60(83)71(22)48(33-38(9)10)61(84)73(24)51(40(13)14)63(86)74(52)25/h26,28,35-48,50-53,76H,27,29-34H2,1-25H3,(H,64,77)(H,65,79)(H,66,78)/b28-26+. The van der Waals surface area contributed by atoms with Crippen molar-refractivity contribution in [2.45, 2.75) is 223 Å². The molecular weight excluding hydrogens is 1100 g/mol. The van der Waals surface area contributed by atoms with Crippen molar-refractivity contribution in [2.75, 3.05) is 62.9 Å². The Morgan fingerprint density at radius 3 is 1.31 bits per heavy atom. The molecule has 0 aromatic rings. The molecule has 12 unspecified atom stereocenters. The van der Waals surface area contributed by atoms with Crippen molar-refractivity contribution in [1.82, 2.24) is 55.1 Å². The smallest absolute Gasteiger partial charge is 0.246 e. The van der Waals surface area contributed by atoms with Crippen LogP contribution in [0.25, 0.3) is 0 Å². The van der Waals surface area contributed by atoms with Gasteiger partial charge < -0.3 is 60.3 Å². The van der Waals surface area contributed by atoms with Crippen LogP contribution in [0.3, 0.4) is 0 Å². The number of carbonyl (C=O) groups excluding carboxylic acids is 11. The predicted octanol–water partition coefficient (Wildman–Crippen LogP) is 3.61. The quantitative estimate of drug-likeness (QED) is 0.171. The largest absolute Gasteiger partial charge is 0.390 e. The number of nitrogens with zero attached hydrogens (tertiary/aromatic N) is 8. The first-order valence-electron chi connectivity index (χ1n) is 31.0. The van der Waals surface area contributed by atoms with Crippen molar-refractivity contribution in [2.24, 2.45) is 41.4 Å². The van der Waals surface area contributed by atoms with Gasteiger partial charge in [0.2, 0.25) is 65.0 Å². The maximum absolute atomic E-state index is 15.1. The third-order valence-electron chi connectivity index (χ3n) is 16.6. The van der Waals surface area contributed by atoms with E-state index in [9.17, 15) is 48.3 Å². The molecule has 0 aliphatic carbocycles. The summed E-state index contributed by atoms with van der Waals surface area (Å²) in [6, 6.07) is -12.3. The maximum Gasteiger partial charge on any atom is 0.246 e. The molecule has 0 spiro atoms. The molecule has 23 nitrogen and oxygen atoms in total. The van der Waals surface area contributed by atoms with Gasteiger partial charge in [-0.25, -0.2) is 0 Å². The molecule has 4 N–H and O–H groups in total. The van der Waals surface area contributed by atoms with Gasteiger partial charge in [0.25, 0.3) is 0 Å². The number of hydrogen-bond donors (Lipinski definition) is 4. The molecule has 0 aromatic carbocycles. The summed E-state index contributed by atoms with van der Waals surface area (Å²) in [5.74, 6) is -9.56. The van der Waals surface area contributed by atoms with E-state index >= 15 is 9.59 Å². The topological polar surface area (TPSA) is 270 Å². The van der Waals surface area contributed by atoms with Gasteiger partial charge in [0.05, 0.1) is 12.6 Å². The number of rotatable bonds is 15. The summed E-state index contributed by atoms with van der Waals surface area (Å²) in [6.07, 6.45) is 3.06. The monoisotopic (exact) mass is 1220 g/mol. The molecule has 1 fully saturated rings. The molecule has 0 saturated carbocycles. The molecule has 1 heterocycles. The molecule has 1 saturated heterocycles. The Kier molecular flexibility index (Phi) is 31.7. The Labute approximate surface area is 515 Å². The number of hydrogen-bond acceptors (Lipinski definition) is 12. The average Bonchev–Trinajstić information content (AvgIpc) is 1.76. The molecule has 0 radical (unpaired) electrons. The second kappa shape index (κ2) is 35.0. The normalized spacial score (nSPS) is 26.9. The number of nitrogens with one attached hydrogen (secondary N) is 3. The lowest BCUT2D eigenvalue weighted by Gasteiger charge is -2.41. The molecule has 1 aliphatic heterocycles. The predicted molar refractivity (Wildman–Crippen MR) is 333 cm³/mol. The lowest BCUT2D eigenvalue weighted by Crippen LogP contribution is -2.63. The second-order valence-corrected chi connectivity index (χ2v) is 26.5. The molecule has 0 bridgehead atoms. The minimum atomic E-state index is -1.61. The minimum absolute atomic E-state index is 0.0231. The summed E-state index contributed by atoms with van der Waals surface area (Å²) >= 11 is 0. The van der Waals surface area contributed by atoms with Crippen LogP contribution in [0.5, 0.6) is 0 Å². The van der Waals surface area contributed by atoms with E-state index in [2.05, 4.69) is 16.0 Å². The zero-order valence-corrected chi connectivity index (χ0v) is 57.0. The fraction of sp³-hybridized carbons (Fsp3) is 0.794. The van der Waals surface area contributed by atoms with Crippen LogP contribution in [0.1, 0.15) is 156 Å². The van der Waals surface area contributed by atoms with Gasteiger partial charge in [0, 0.05) is 56.4 Å². The van der Waals surface area contributed by atoms with Crippen LogP contribution in [-0.2, 0) is 52.7 Å². The van der Waals surface area contributed by atoms with Crippen LogP contribution in [0.2, 0.25) is 0 Å². The van der Waals surface area contributed by atoms with E-state index in [1.165, 1.54) is 99.6 Å². The van der Waals surface area contributed by atoms with Gasteiger partial charge >= 0.3 is 0 Å². The summed E-state index contributed by atoms with van der Waals surface area (Å²) in [5, 5.41) is 20.4. The minimum Gasteiger partial charge on any atom is -0.390 e. The molecule has 1 aliphatic rings. The van der Waals surface area contributed by atoms with E-state index in [0.717, 1.165) is 9.80 Å². The molecule has 0 aromatic heterocycles. The SMILES string of the molecule is C/C=C/CC(C)C(O)C1C(=O)NC(CC)C(=O)N(C)CC(=O)N(C)C(CC(C)C)C(=O)NC(C(C)C)C(=O)N(C)C(CC(C)C)C(=O)N(C)C(C)C(=O)NC(C)C(=O)N(C)C(CC(C)C)C(=O)N(C)C(CC(C)C)C(=O)N(C)C(C(C)C)C(=O)N1C. The van der Waals surface area contributed by atoms with Crippen molar-refractivity contribution in [3.63, 3.8) is 0 Å². The van der Waals surface area contributed by atoms with Crippen molar-refractivity contribution >= 4 is 65.0 Å². The first-order chi connectivity index (χ1) is 39.6. The van der Waals surface area contributed by atoms with Gasteiger partial charge in [-0.15, -0.1) is 0 Å². The first-order valence-corrected chi connectivity index (χ1v) is 31.0. The number of amides is 11. The molecule has 86 heavy (non-hydrogen) atoms. The molecule has 1 rings (SSSR count). The van der Waals surface area contributed by atoms with Crippen LogP contribution in [0.4, 0.5) is 0 Å². The fourth-order valence-electron chi connectivity index (χ4n) is 10.9. The van der Waals surface area contributed by atoms with E-state index in [1.807, 2.05) is 61.5 Å². The third-order valence-corrected chi connectivity index (χ3v) is 16.6. The summed E-state index contributed by atoms with van der Waals surface area (Å²) in [5.41, 5.74) is 0. The van der Waals surface area contributed by atoms with E-state index in [4.69, 9.17) is 0 Å². The van der Waals surface area contributed by atoms with Crippen LogP contribution in [-0.4, -0.2) is 239 Å². The van der Waals surface area contributed by atoms with Gasteiger partial charge in [-0.2, -0.15) is 0 Å². The average molecular weight is 1220 g/mol. The molecule has 12 atom stereocenters. The molecular formula is C63H113N11O12. The van der Waals surface area contributed by atoms with E-state index in [0.29, 0.717) is 6.42 Å². The molecule has 492 valence electrons. The summed E-state index contributed by atoms with van der Waals surface area (Å²) in [7, 11) is 11.4. The summed E-state index contributed by atoms with van der Waals surface area (Å²) < 4.78 is 0. The molecule has 23 heteroatoms. The zero-order chi connectivity index (χ0) is 66.8. The van der Waals surface area contributed by atoms with Gasteiger partial charge in [-0.1, -0.05) is 109 Å². The van der Waals surface area contributed by atoms with E-state index < -0.39 is 156 Å². The summed E-state index contributed by atoms with van der Waals surface area (Å²) in [4.78, 5) is 171. The van der Waals surface area contributed by atoms with Gasteiger partial charge in [-0.05, 0) is 101 Å². The van der Waals surface area contributed by atoms with Crippen LogP contribution >= 0.6 is 0 Å². The Balaban J connectivity index is 4.36. The van der Waals surface area contributed by atoms with Gasteiger partial charge in [-0.3, -0.25) is 52.7 Å². The number of aliphatic hydroxyl groups excluding tert-OH is 1. The van der Waals surface area contributed by atoms with E-state index in [-0.39, 0.29) is 55.8 Å². The van der Waals surface area contributed by atoms with Crippen molar-refractivity contribution in [3.8, 4) is 0 Å². The fourth-order valence-corrected chi connectivity index (χ4v) is 10.9. The van der Waals surface area contributed by atoms with Crippen molar-refractivity contribution in [3.05, 3.63) is 12.2 Å². The third kappa shape index (κ3) is 21.0. The Hall–Kier alpha value is -6.13. The number of likely N-dealkylation sites (N-methyl/N-ethyl adjacent to an activating group) is 8. The number of carbonyl (C=O) groups is 11. The first kappa shape index (κ1) is 77.9. The van der Waals surface area contributed by atoms with E-state index in [1.54, 1.807) is 54.5 Å². The van der Waals surface area contributed by atoms with Crippen LogP contribution in [0, 0.1) is 41.4 Å².